The van der Waals surface area contributed by atoms with Crippen LogP contribution in [0.5, 0.6) is 0 Å². The zero-order chi connectivity index (χ0) is 13.1. The number of anilines is 1. The maximum Gasteiger partial charge on any atom is 0.0488 e. The fourth-order valence-electron chi connectivity index (χ4n) is 2.37. The molecule has 1 atom stereocenters. The van der Waals surface area contributed by atoms with Crippen LogP contribution >= 0.6 is 0 Å². The summed E-state index contributed by atoms with van der Waals surface area (Å²) in [6.45, 7) is 8.64. The van der Waals surface area contributed by atoms with Crippen LogP contribution in [-0.4, -0.2) is 0 Å². The number of rotatable bonds is 3. The molecule has 0 bridgehead atoms. The number of hydrogen-bond donors (Lipinski definition) is 1. The van der Waals surface area contributed by atoms with Crippen LogP contribution in [0.3, 0.4) is 0 Å². The van der Waals surface area contributed by atoms with E-state index in [1.165, 1.54) is 27.9 Å². The lowest BCUT2D eigenvalue weighted by Gasteiger charge is -2.18. The van der Waals surface area contributed by atoms with Gasteiger partial charge < -0.3 is 5.32 Å². The molecule has 0 heterocycles. The van der Waals surface area contributed by atoms with Crippen LogP contribution in [0.4, 0.5) is 5.69 Å². The van der Waals surface area contributed by atoms with Crippen molar-refractivity contribution in [3.8, 4) is 0 Å². The van der Waals surface area contributed by atoms with E-state index in [0.717, 1.165) is 0 Å². The van der Waals surface area contributed by atoms with Gasteiger partial charge in [0.25, 0.3) is 0 Å². The molecule has 1 unspecified atom stereocenters. The van der Waals surface area contributed by atoms with Crippen molar-refractivity contribution in [2.24, 2.45) is 0 Å². The molecule has 0 spiro atoms. The lowest BCUT2D eigenvalue weighted by molar-refractivity contribution is 0.873. The van der Waals surface area contributed by atoms with E-state index in [0.29, 0.717) is 6.04 Å². The highest BCUT2D eigenvalue weighted by Crippen LogP contribution is 2.23. The summed E-state index contributed by atoms with van der Waals surface area (Å²) in [5.74, 6) is 0. The molecule has 18 heavy (non-hydrogen) atoms. The van der Waals surface area contributed by atoms with Crippen molar-refractivity contribution < 1.29 is 0 Å². The third kappa shape index (κ3) is 2.92. The van der Waals surface area contributed by atoms with Crippen molar-refractivity contribution in [1.29, 1.82) is 0 Å². The summed E-state index contributed by atoms with van der Waals surface area (Å²) in [5.41, 5.74) is 6.50. The molecule has 94 valence electrons. The van der Waals surface area contributed by atoms with Crippen molar-refractivity contribution in [3.63, 3.8) is 0 Å². The summed E-state index contributed by atoms with van der Waals surface area (Å²) >= 11 is 0. The Bertz CT molecular complexity index is 543. The molecule has 0 saturated heterocycles. The van der Waals surface area contributed by atoms with Gasteiger partial charge in [-0.05, 0) is 56.5 Å². The van der Waals surface area contributed by atoms with E-state index in [1.54, 1.807) is 0 Å². The van der Waals surface area contributed by atoms with Gasteiger partial charge in [-0.2, -0.15) is 0 Å². The van der Waals surface area contributed by atoms with E-state index in [1.807, 2.05) is 0 Å². The van der Waals surface area contributed by atoms with Crippen molar-refractivity contribution in [3.05, 3.63) is 64.7 Å². The number of hydrogen-bond acceptors (Lipinski definition) is 1. The van der Waals surface area contributed by atoms with E-state index in [9.17, 15) is 0 Å². The van der Waals surface area contributed by atoms with Gasteiger partial charge in [-0.15, -0.1) is 0 Å². The fourth-order valence-corrected chi connectivity index (χ4v) is 2.37. The second-order valence-electron chi connectivity index (χ2n) is 5.10. The average molecular weight is 239 g/mol. The Hall–Kier alpha value is -1.76. The Kier molecular flexibility index (Phi) is 3.71. The number of benzene rings is 2. The topological polar surface area (TPSA) is 12.0 Å². The first-order valence-electron chi connectivity index (χ1n) is 6.46. The predicted molar refractivity (Wildman–Crippen MR) is 79.1 cm³/mol. The molecular weight excluding hydrogens is 218 g/mol. The van der Waals surface area contributed by atoms with Gasteiger partial charge in [-0.1, -0.05) is 35.9 Å². The highest BCUT2D eigenvalue weighted by atomic mass is 14.9. The first-order chi connectivity index (χ1) is 8.56. The minimum atomic E-state index is 0.326. The first-order valence-corrected chi connectivity index (χ1v) is 6.46. The molecule has 0 radical (unpaired) electrons. The molecule has 0 amide bonds. The maximum absolute atomic E-state index is 3.56. The summed E-state index contributed by atoms with van der Waals surface area (Å²) in [6.07, 6.45) is 0. The molecule has 2 aromatic rings. The van der Waals surface area contributed by atoms with Gasteiger partial charge in [0.15, 0.2) is 0 Å². The van der Waals surface area contributed by atoms with Crippen molar-refractivity contribution in [2.75, 3.05) is 5.32 Å². The largest absolute Gasteiger partial charge is 0.379 e. The summed E-state index contributed by atoms with van der Waals surface area (Å²) in [4.78, 5) is 0. The third-order valence-corrected chi connectivity index (χ3v) is 3.29. The van der Waals surface area contributed by atoms with Crippen LogP contribution in [0.25, 0.3) is 0 Å². The predicted octanol–water partition coefficient (Wildman–Crippen LogP) is 4.78. The van der Waals surface area contributed by atoms with E-state index in [-0.39, 0.29) is 0 Å². The monoisotopic (exact) mass is 239 g/mol. The molecule has 0 saturated carbocycles. The molecule has 0 fully saturated rings. The number of aryl methyl sites for hydroxylation is 3. The molecule has 0 aromatic heterocycles. The molecule has 2 aromatic carbocycles. The smallest absolute Gasteiger partial charge is 0.0488 e. The summed E-state index contributed by atoms with van der Waals surface area (Å²) in [7, 11) is 0. The third-order valence-electron chi connectivity index (χ3n) is 3.29. The van der Waals surface area contributed by atoms with Gasteiger partial charge in [-0.3, -0.25) is 0 Å². The molecular formula is C17H21N. The van der Waals surface area contributed by atoms with Gasteiger partial charge in [0.2, 0.25) is 0 Å². The molecule has 0 aliphatic heterocycles. The van der Waals surface area contributed by atoms with Crippen molar-refractivity contribution in [2.45, 2.75) is 33.7 Å². The molecule has 2 rings (SSSR count). The summed E-state index contributed by atoms with van der Waals surface area (Å²) < 4.78 is 0. The van der Waals surface area contributed by atoms with E-state index in [4.69, 9.17) is 0 Å². The number of nitrogens with one attached hydrogen (secondary N) is 1. The minimum Gasteiger partial charge on any atom is -0.379 e. The highest BCUT2D eigenvalue weighted by molar-refractivity contribution is 5.48. The average Bonchev–Trinajstić information content (AvgIpc) is 2.28. The van der Waals surface area contributed by atoms with Crippen LogP contribution in [0, 0.1) is 20.8 Å². The Morgan fingerprint density at radius 2 is 1.61 bits per heavy atom. The lowest BCUT2D eigenvalue weighted by Crippen LogP contribution is -2.08. The van der Waals surface area contributed by atoms with Crippen LogP contribution in [0.1, 0.15) is 35.2 Å². The van der Waals surface area contributed by atoms with E-state index < -0.39 is 0 Å². The Balaban J connectivity index is 2.19. The Morgan fingerprint density at radius 1 is 0.889 bits per heavy atom. The highest BCUT2D eigenvalue weighted by Gasteiger charge is 2.08. The second-order valence-corrected chi connectivity index (χ2v) is 5.10. The standard InChI is InChI=1S/C17H21N/c1-12-6-5-7-16(11-12)18-15(4)17-9-8-13(2)10-14(17)3/h5-11,15,18H,1-4H3. The first kappa shape index (κ1) is 12.7. The van der Waals surface area contributed by atoms with Crippen LogP contribution in [-0.2, 0) is 0 Å². The van der Waals surface area contributed by atoms with Crippen LogP contribution < -0.4 is 5.32 Å². The normalized spacial score (nSPS) is 12.2. The minimum absolute atomic E-state index is 0.326. The zero-order valence-corrected chi connectivity index (χ0v) is 11.6. The summed E-state index contributed by atoms with van der Waals surface area (Å²) in [6, 6.07) is 15.5. The lowest BCUT2D eigenvalue weighted by atomic mass is 10.00. The Morgan fingerprint density at radius 3 is 2.28 bits per heavy atom. The van der Waals surface area contributed by atoms with Crippen molar-refractivity contribution >= 4 is 5.69 Å². The maximum atomic E-state index is 3.56. The van der Waals surface area contributed by atoms with Gasteiger partial charge in [-0.25, -0.2) is 0 Å². The second kappa shape index (κ2) is 5.26. The molecule has 0 aliphatic rings. The van der Waals surface area contributed by atoms with Crippen LogP contribution in [0.2, 0.25) is 0 Å². The molecule has 1 nitrogen and oxygen atoms in total. The SMILES string of the molecule is Cc1cccc(NC(C)c2ccc(C)cc2C)c1. The Labute approximate surface area is 110 Å². The van der Waals surface area contributed by atoms with Crippen LogP contribution in [0.15, 0.2) is 42.5 Å². The quantitative estimate of drug-likeness (QED) is 0.812. The van der Waals surface area contributed by atoms with Gasteiger partial charge in [0.05, 0.1) is 0 Å². The van der Waals surface area contributed by atoms with Gasteiger partial charge in [0.1, 0.15) is 0 Å². The summed E-state index contributed by atoms with van der Waals surface area (Å²) in [5, 5.41) is 3.56. The molecule has 1 N–H and O–H groups in total. The van der Waals surface area contributed by atoms with Gasteiger partial charge >= 0.3 is 0 Å². The molecule has 1 heteroatoms. The molecule has 0 aliphatic carbocycles. The van der Waals surface area contributed by atoms with E-state index in [2.05, 4.69) is 75.5 Å². The zero-order valence-electron chi connectivity index (χ0n) is 11.6. The van der Waals surface area contributed by atoms with Gasteiger partial charge in [0, 0.05) is 11.7 Å². The van der Waals surface area contributed by atoms with E-state index >= 15 is 0 Å². The van der Waals surface area contributed by atoms with Crippen molar-refractivity contribution in [1.82, 2.24) is 0 Å². The fraction of sp³-hybridized carbons (Fsp3) is 0.294.